The van der Waals surface area contributed by atoms with Crippen molar-refractivity contribution < 1.29 is 14.3 Å². The summed E-state index contributed by atoms with van der Waals surface area (Å²) in [5, 5.41) is 5.32. The van der Waals surface area contributed by atoms with Gasteiger partial charge in [0, 0.05) is 17.8 Å². The predicted molar refractivity (Wildman–Crippen MR) is 69.7 cm³/mol. The van der Waals surface area contributed by atoms with Crippen LogP contribution in [0, 0.1) is 0 Å². The van der Waals surface area contributed by atoms with Crippen molar-refractivity contribution in [1.82, 2.24) is 5.32 Å². The Hall–Kier alpha value is -2.04. The molecule has 0 aliphatic carbocycles. The maximum absolute atomic E-state index is 11.7. The van der Waals surface area contributed by atoms with Crippen LogP contribution in [0.15, 0.2) is 24.3 Å². The Morgan fingerprint density at radius 3 is 2.72 bits per heavy atom. The zero-order valence-electron chi connectivity index (χ0n) is 10.7. The second-order valence-corrected chi connectivity index (χ2v) is 3.68. The molecule has 18 heavy (non-hydrogen) atoms. The van der Waals surface area contributed by atoms with Gasteiger partial charge in [0.1, 0.15) is 0 Å². The molecule has 0 radical (unpaired) electrons. The number of anilines is 1. The van der Waals surface area contributed by atoms with Gasteiger partial charge in [-0.15, -0.1) is 0 Å². The molecular formula is C13H18N2O3. The number of amides is 2. The highest BCUT2D eigenvalue weighted by atomic mass is 16.5. The summed E-state index contributed by atoms with van der Waals surface area (Å²) in [6, 6.07) is 6.72. The van der Waals surface area contributed by atoms with E-state index in [2.05, 4.69) is 10.6 Å². The van der Waals surface area contributed by atoms with Crippen LogP contribution in [0.2, 0.25) is 0 Å². The summed E-state index contributed by atoms with van der Waals surface area (Å²) in [6.45, 7) is 4.66. The maximum Gasteiger partial charge on any atom is 0.411 e. The Balaban J connectivity index is 2.67. The fourth-order valence-electron chi connectivity index (χ4n) is 1.36. The van der Waals surface area contributed by atoms with Crippen LogP contribution in [-0.4, -0.2) is 25.2 Å². The van der Waals surface area contributed by atoms with Crippen LogP contribution in [0.5, 0.6) is 0 Å². The highest BCUT2D eigenvalue weighted by Gasteiger charge is 2.07. The highest BCUT2D eigenvalue weighted by Crippen LogP contribution is 2.11. The molecule has 0 aliphatic rings. The SMILES string of the molecule is CCCNC(=O)c1cccc(NC(=O)OCC)c1. The second kappa shape index (κ2) is 7.32. The first-order valence-corrected chi connectivity index (χ1v) is 5.99. The van der Waals surface area contributed by atoms with Crippen molar-refractivity contribution in [2.75, 3.05) is 18.5 Å². The summed E-state index contributed by atoms with van der Waals surface area (Å²) < 4.78 is 4.76. The van der Waals surface area contributed by atoms with Crippen molar-refractivity contribution in [3.05, 3.63) is 29.8 Å². The molecule has 0 fully saturated rings. The molecule has 1 aromatic carbocycles. The molecule has 0 heterocycles. The van der Waals surface area contributed by atoms with Crippen molar-refractivity contribution in [1.29, 1.82) is 0 Å². The molecule has 5 nitrogen and oxygen atoms in total. The third-order valence-electron chi connectivity index (χ3n) is 2.18. The smallest absolute Gasteiger partial charge is 0.411 e. The summed E-state index contributed by atoms with van der Waals surface area (Å²) in [7, 11) is 0. The number of nitrogens with one attached hydrogen (secondary N) is 2. The lowest BCUT2D eigenvalue weighted by molar-refractivity contribution is 0.0953. The van der Waals surface area contributed by atoms with E-state index in [1.165, 1.54) is 0 Å². The van der Waals surface area contributed by atoms with E-state index in [1.54, 1.807) is 31.2 Å². The van der Waals surface area contributed by atoms with Gasteiger partial charge in [-0.05, 0) is 31.5 Å². The van der Waals surface area contributed by atoms with Gasteiger partial charge in [-0.3, -0.25) is 10.1 Å². The molecular weight excluding hydrogens is 232 g/mol. The van der Waals surface area contributed by atoms with Gasteiger partial charge in [-0.25, -0.2) is 4.79 Å². The standard InChI is InChI=1S/C13H18N2O3/c1-3-8-14-12(16)10-6-5-7-11(9-10)15-13(17)18-4-2/h5-7,9H,3-4,8H2,1-2H3,(H,14,16)(H,15,17). The summed E-state index contributed by atoms with van der Waals surface area (Å²) in [6.07, 6.45) is 0.357. The van der Waals surface area contributed by atoms with Crippen LogP contribution >= 0.6 is 0 Å². The number of hydrogen-bond acceptors (Lipinski definition) is 3. The van der Waals surface area contributed by atoms with Gasteiger partial charge < -0.3 is 10.1 Å². The van der Waals surface area contributed by atoms with Crippen molar-refractivity contribution in [3.63, 3.8) is 0 Å². The van der Waals surface area contributed by atoms with E-state index in [-0.39, 0.29) is 5.91 Å². The van der Waals surface area contributed by atoms with Crippen molar-refractivity contribution >= 4 is 17.7 Å². The summed E-state index contributed by atoms with van der Waals surface area (Å²) >= 11 is 0. The zero-order chi connectivity index (χ0) is 13.4. The van der Waals surface area contributed by atoms with Crippen molar-refractivity contribution in [2.45, 2.75) is 20.3 Å². The van der Waals surface area contributed by atoms with Crippen molar-refractivity contribution in [2.24, 2.45) is 0 Å². The Morgan fingerprint density at radius 1 is 1.28 bits per heavy atom. The maximum atomic E-state index is 11.7. The fraction of sp³-hybridized carbons (Fsp3) is 0.385. The number of rotatable bonds is 5. The average Bonchev–Trinajstić information content (AvgIpc) is 2.36. The molecule has 2 amide bonds. The normalized spacial score (nSPS) is 9.67. The van der Waals surface area contributed by atoms with Crippen LogP contribution in [0.4, 0.5) is 10.5 Å². The Bertz CT molecular complexity index is 418. The fourth-order valence-corrected chi connectivity index (χ4v) is 1.36. The van der Waals surface area contributed by atoms with Crippen LogP contribution < -0.4 is 10.6 Å². The first kappa shape index (κ1) is 14.0. The Morgan fingerprint density at radius 2 is 2.06 bits per heavy atom. The number of carbonyl (C=O) groups excluding carboxylic acids is 2. The molecule has 0 saturated carbocycles. The Labute approximate surface area is 107 Å². The van der Waals surface area contributed by atoms with Crippen LogP contribution in [0.3, 0.4) is 0 Å². The van der Waals surface area contributed by atoms with Crippen LogP contribution in [-0.2, 0) is 4.74 Å². The summed E-state index contributed by atoms with van der Waals surface area (Å²) in [5.41, 5.74) is 1.05. The topological polar surface area (TPSA) is 67.4 Å². The van der Waals surface area contributed by atoms with E-state index in [1.807, 2.05) is 6.92 Å². The third kappa shape index (κ3) is 4.45. The molecule has 98 valence electrons. The van der Waals surface area contributed by atoms with Crippen LogP contribution in [0.25, 0.3) is 0 Å². The van der Waals surface area contributed by atoms with Crippen molar-refractivity contribution in [3.8, 4) is 0 Å². The Kier molecular flexibility index (Phi) is 5.70. The van der Waals surface area contributed by atoms with Gasteiger partial charge in [0.2, 0.25) is 0 Å². The highest BCUT2D eigenvalue weighted by molar-refractivity contribution is 5.96. The van der Waals surface area contributed by atoms with Gasteiger partial charge in [0.25, 0.3) is 5.91 Å². The number of benzene rings is 1. The molecule has 0 aliphatic heterocycles. The first-order valence-electron chi connectivity index (χ1n) is 5.99. The minimum Gasteiger partial charge on any atom is -0.450 e. The lowest BCUT2D eigenvalue weighted by Gasteiger charge is -2.07. The molecule has 0 atom stereocenters. The van der Waals surface area contributed by atoms with Gasteiger partial charge in [-0.1, -0.05) is 13.0 Å². The largest absolute Gasteiger partial charge is 0.450 e. The third-order valence-corrected chi connectivity index (χ3v) is 2.18. The number of ether oxygens (including phenoxy) is 1. The zero-order valence-corrected chi connectivity index (χ0v) is 10.7. The van der Waals surface area contributed by atoms with Gasteiger partial charge in [-0.2, -0.15) is 0 Å². The average molecular weight is 250 g/mol. The number of carbonyl (C=O) groups is 2. The summed E-state index contributed by atoms with van der Waals surface area (Å²) in [5.74, 6) is -0.149. The van der Waals surface area contributed by atoms with Gasteiger partial charge in [0.05, 0.1) is 6.61 Å². The molecule has 0 saturated heterocycles. The first-order chi connectivity index (χ1) is 8.67. The predicted octanol–water partition coefficient (Wildman–Crippen LogP) is 2.39. The molecule has 1 aromatic rings. The lowest BCUT2D eigenvalue weighted by atomic mass is 10.2. The number of hydrogen-bond donors (Lipinski definition) is 2. The van der Waals surface area contributed by atoms with E-state index < -0.39 is 6.09 Å². The van der Waals surface area contributed by atoms with E-state index >= 15 is 0 Å². The van der Waals surface area contributed by atoms with E-state index in [4.69, 9.17) is 4.74 Å². The monoisotopic (exact) mass is 250 g/mol. The quantitative estimate of drug-likeness (QED) is 0.843. The minimum atomic E-state index is -0.524. The molecule has 0 aromatic heterocycles. The molecule has 1 rings (SSSR count). The van der Waals surface area contributed by atoms with Gasteiger partial charge in [0.15, 0.2) is 0 Å². The summed E-state index contributed by atoms with van der Waals surface area (Å²) in [4.78, 5) is 22.9. The van der Waals surface area contributed by atoms with Crippen LogP contribution in [0.1, 0.15) is 30.6 Å². The van der Waals surface area contributed by atoms with E-state index in [9.17, 15) is 9.59 Å². The molecule has 2 N–H and O–H groups in total. The second-order valence-electron chi connectivity index (χ2n) is 3.68. The molecule has 5 heteroatoms. The lowest BCUT2D eigenvalue weighted by Crippen LogP contribution is -2.24. The minimum absolute atomic E-state index is 0.149. The molecule has 0 unspecified atom stereocenters. The van der Waals surface area contributed by atoms with Gasteiger partial charge >= 0.3 is 6.09 Å². The molecule has 0 spiro atoms. The van der Waals surface area contributed by atoms with E-state index in [0.29, 0.717) is 24.4 Å². The van der Waals surface area contributed by atoms with E-state index in [0.717, 1.165) is 6.42 Å². The molecule has 0 bridgehead atoms.